The predicted octanol–water partition coefficient (Wildman–Crippen LogP) is 4.00. The van der Waals surface area contributed by atoms with Gasteiger partial charge >= 0.3 is 0 Å². The highest BCUT2D eigenvalue weighted by Gasteiger charge is 2.38. The molecule has 2 heterocycles. The third-order valence-corrected chi connectivity index (χ3v) is 6.53. The van der Waals surface area contributed by atoms with Crippen LogP contribution in [-0.2, 0) is 0 Å². The number of carbonyl (C=O) groups excluding carboxylic acids is 3. The van der Waals surface area contributed by atoms with Crippen LogP contribution in [0.4, 0.5) is 0 Å². The van der Waals surface area contributed by atoms with Crippen molar-refractivity contribution in [3.8, 4) is 0 Å². The highest BCUT2D eigenvalue weighted by molar-refractivity contribution is 6.49. The minimum absolute atomic E-state index is 0.000878. The van der Waals surface area contributed by atoms with Gasteiger partial charge in [-0.05, 0) is 13.3 Å². The van der Waals surface area contributed by atoms with Crippen molar-refractivity contribution in [2.45, 2.75) is 19.4 Å². The number of aryl methyl sites for hydroxylation is 1. The number of amides is 1. The standard InChI is InChI=1S/C22H16Cl2N2O4/c1-9-13(22(29)26-7-6-10(25)8-26)16-17(23)14-15(18(24)21(16)30-9)20(28)12-5-3-2-4-11(12)19(14)27/h2-5,10H,6-8,25H2,1H3/t10-/m0/s1. The lowest BCUT2D eigenvalue weighted by atomic mass is 9.83. The van der Waals surface area contributed by atoms with E-state index in [2.05, 4.69) is 0 Å². The molecule has 2 N–H and O–H groups in total. The van der Waals surface area contributed by atoms with Crippen LogP contribution >= 0.6 is 23.2 Å². The number of furan rings is 1. The maximum Gasteiger partial charge on any atom is 0.258 e. The van der Waals surface area contributed by atoms with Gasteiger partial charge in [-0.3, -0.25) is 14.4 Å². The Morgan fingerprint density at radius 1 is 1.10 bits per heavy atom. The van der Waals surface area contributed by atoms with Crippen LogP contribution in [0.25, 0.3) is 11.0 Å². The number of likely N-dealkylation sites (tertiary alicyclic amines) is 1. The van der Waals surface area contributed by atoms with E-state index in [1.54, 1.807) is 36.1 Å². The summed E-state index contributed by atoms with van der Waals surface area (Å²) in [5.41, 5.74) is 6.85. The van der Waals surface area contributed by atoms with Crippen LogP contribution in [-0.4, -0.2) is 41.5 Å². The Labute approximate surface area is 181 Å². The molecule has 1 amide bonds. The number of ketones is 2. The summed E-state index contributed by atoms with van der Waals surface area (Å²) < 4.78 is 5.80. The van der Waals surface area contributed by atoms with Crippen LogP contribution in [0.3, 0.4) is 0 Å². The van der Waals surface area contributed by atoms with Gasteiger partial charge in [-0.25, -0.2) is 0 Å². The second-order valence-corrected chi connectivity index (χ2v) is 8.38. The van der Waals surface area contributed by atoms with Crippen LogP contribution < -0.4 is 5.73 Å². The molecule has 3 aromatic rings. The van der Waals surface area contributed by atoms with Crippen molar-refractivity contribution in [1.29, 1.82) is 0 Å². The molecule has 1 saturated heterocycles. The molecule has 8 heteroatoms. The fourth-order valence-corrected chi connectivity index (χ4v) is 5.00. The normalized spacial score (nSPS) is 18.1. The molecule has 2 aliphatic rings. The largest absolute Gasteiger partial charge is 0.459 e. The third kappa shape index (κ3) is 2.51. The third-order valence-electron chi connectivity index (χ3n) is 5.79. The van der Waals surface area contributed by atoms with Crippen LogP contribution in [0.5, 0.6) is 0 Å². The zero-order valence-corrected chi connectivity index (χ0v) is 17.4. The van der Waals surface area contributed by atoms with Gasteiger partial charge in [0.05, 0.1) is 32.1 Å². The van der Waals surface area contributed by atoms with E-state index in [4.69, 9.17) is 33.4 Å². The number of rotatable bonds is 1. The monoisotopic (exact) mass is 442 g/mol. The van der Waals surface area contributed by atoms with Crippen molar-refractivity contribution >= 4 is 51.6 Å². The summed E-state index contributed by atoms with van der Waals surface area (Å²) in [6.07, 6.45) is 0.703. The summed E-state index contributed by atoms with van der Waals surface area (Å²) in [6, 6.07) is 6.42. The molecule has 1 atom stereocenters. The molecule has 0 bridgehead atoms. The van der Waals surface area contributed by atoms with Crippen LogP contribution in [0, 0.1) is 6.92 Å². The van der Waals surface area contributed by atoms with Gasteiger partial charge < -0.3 is 15.1 Å². The molecule has 5 rings (SSSR count). The number of halogens is 2. The number of nitrogens with zero attached hydrogens (tertiary/aromatic N) is 1. The summed E-state index contributed by atoms with van der Waals surface area (Å²) in [5, 5.41) is 0.238. The maximum atomic E-state index is 13.2. The molecule has 0 unspecified atom stereocenters. The van der Waals surface area contributed by atoms with Gasteiger partial charge in [-0.15, -0.1) is 0 Å². The van der Waals surface area contributed by atoms with E-state index < -0.39 is 11.6 Å². The summed E-state index contributed by atoms with van der Waals surface area (Å²) in [7, 11) is 0. The SMILES string of the molecule is Cc1oc2c(Cl)c3c(c(Cl)c2c1C(=O)N1CC[C@H](N)C1)C(=O)c1ccccc1C3=O. The minimum Gasteiger partial charge on any atom is -0.459 e. The second kappa shape index (κ2) is 6.67. The first-order chi connectivity index (χ1) is 14.3. The van der Waals surface area contributed by atoms with Crippen molar-refractivity contribution in [1.82, 2.24) is 4.90 Å². The van der Waals surface area contributed by atoms with E-state index in [0.29, 0.717) is 25.3 Å². The van der Waals surface area contributed by atoms with E-state index in [9.17, 15) is 14.4 Å². The quantitative estimate of drug-likeness (QED) is 0.480. The predicted molar refractivity (Wildman–Crippen MR) is 113 cm³/mol. The lowest BCUT2D eigenvalue weighted by Crippen LogP contribution is -2.32. The Balaban J connectivity index is 1.79. The molecule has 1 aliphatic heterocycles. The number of hydrogen-bond donors (Lipinski definition) is 1. The Hall–Kier alpha value is -2.67. The van der Waals surface area contributed by atoms with E-state index in [1.807, 2.05) is 0 Å². The highest BCUT2D eigenvalue weighted by atomic mass is 35.5. The molecule has 0 radical (unpaired) electrons. The van der Waals surface area contributed by atoms with Gasteiger partial charge in [-0.1, -0.05) is 47.5 Å². The lowest BCUT2D eigenvalue weighted by molar-refractivity contribution is 0.0790. The first-order valence-electron chi connectivity index (χ1n) is 9.48. The van der Waals surface area contributed by atoms with E-state index >= 15 is 0 Å². The molecule has 1 fully saturated rings. The number of benzene rings is 2. The number of hydrogen-bond acceptors (Lipinski definition) is 5. The fourth-order valence-electron chi connectivity index (χ4n) is 4.33. The zero-order valence-electron chi connectivity index (χ0n) is 15.9. The zero-order chi connectivity index (χ0) is 21.3. The van der Waals surface area contributed by atoms with Gasteiger partial charge in [0, 0.05) is 30.3 Å². The highest BCUT2D eigenvalue weighted by Crippen LogP contribution is 2.45. The van der Waals surface area contributed by atoms with Crippen LogP contribution in [0.15, 0.2) is 28.7 Å². The molecule has 1 aromatic heterocycles. The summed E-state index contributed by atoms with van der Waals surface area (Å²) in [5.74, 6) is -0.776. The van der Waals surface area contributed by atoms with Gasteiger partial charge in [0.1, 0.15) is 5.76 Å². The molecule has 2 aromatic carbocycles. The van der Waals surface area contributed by atoms with Crippen molar-refractivity contribution < 1.29 is 18.8 Å². The number of carbonyl (C=O) groups is 3. The summed E-state index contributed by atoms with van der Waals surface area (Å²) >= 11 is 13.2. The molecular formula is C22H16Cl2N2O4. The van der Waals surface area contributed by atoms with E-state index in [-0.39, 0.29) is 60.8 Å². The Morgan fingerprint density at radius 2 is 1.70 bits per heavy atom. The summed E-state index contributed by atoms with van der Waals surface area (Å²) in [4.78, 5) is 41.2. The van der Waals surface area contributed by atoms with Gasteiger partial charge in [0.2, 0.25) is 0 Å². The molecule has 152 valence electrons. The molecule has 6 nitrogen and oxygen atoms in total. The van der Waals surface area contributed by atoms with Crippen LogP contribution in [0.1, 0.15) is 54.4 Å². The number of fused-ring (bicyclic) bond motifs is 3. The first kappa shape index (κ1) is 19.3. The average molecular weight is 443 g/mol. The van der Waals surface area contributed by atoms with Gasteiger partial charge in [-0.2, -0.15) is 0 Å². The lowest BCUT2D eigenvalue weighted by Gasteiger charge is -2.20. The van der Waals surface area contributed by atoms with Gasteiger partial charge in [0.15, 0.2) is 17.1 Å². The minimum atomic E-state index is -0.408. The van der Waals surface area contributed by atoms with E-state index in [1.165, 1.54) is 0 Å². The molecule has 30 heavy (non-hydrogen) atoms. The molecule has 0 spiro atoms. The maximum absolute atomic E-state index is 13.2. The summed E-state index contributed by atoms with van der Waals surface area (Å²) in [6.45, 7) is 2.58. The molecular weight excluding hydrogens is 427 g/mol. The average Bonchev–Trinajstić information content (AvgIpc) is 3.32. The Bertz CT molecular complexity index is 1290. The van der Waals surface area contributed by atoms with Crippen molar-refractivity contribution in [3.05, 3.63) is 67.9 Å². The second-order valence-electron chi connectivity index (χ2n) is 7.62. The van der Waals surface area contributed by atoms with Crippen molar-refractivity contribution in [3.63, 3.8) is 0 Å². The van der Waals surface area contributed by atoms with Crippen LogP contribution in [0.2, 0.25) is 10.0 Å². The Kier molecular flexibility index (Phi) is 4.29. The topological polar surface area (TPSA) is 93.6 Å². The number of nitrogens with two attached hydrogens (primary N) is 1. The smallest absolute Gasteiger partial charge is 0.258 e. The van der Waals surface area contributed by atoms with Crippen molar-refractivity contribution in [2.75, 3.05) is 13.1 Å². The fraction of sp³-hybridized carbons (Fsp3) is 0.227. The Morgan fingerprint density at radius 3 is 2.27 bits per heavy atom. The molecule has 1 aliphatic carbocycles. The van der Waals surface area contributed by atoms with Gasteiger partial charge in [0.25, 0.3) is 5.91 Å². The van der Waals surface area contributed by atoms with Crippen molar-refractivity contribution in [2.24, 2.45) is 5.73 Å². The molecule has 0 saturated carbocycles. The first-order valence-corrected chi connectivity index (χ1v) is 10.2. The van der Waals surface area contributed by atoms with E-state index in [0.717, 1.165) is 0 Å².